The summed E-state index contributed by atoms with van der Waals surface area (Å²) in [7, 11) is 0. The number of carbonyl (C=O) groups is 4. The van der Waals surface area contributed by atoms with E-state index in [2.05, 4.69) is 25.9 Å². The Balaban J connectivity index is 0.00000336. The molecule has 0 atom stereocenters. The number of imide groups is 1. The van der Waals surface area contributed by atoms with E-state index in [1.165, 1.54) is 6.07 Å². The van der Waals surface area contributed by atoms with Gasteiger partial charge in [0.25, 0.3) is 23.6 Å². The predicted octanol–water partition coefficient (Wildman–Crippen LogP) is 1.56. The van der Waals surface area contributed by atoms with E-state index in [-0.39, 0.29) is 60.6 Å². The zero-order valence-electron chi connectivity index (χ0n) is 20.0. The molecule has 0 spiro atoms. The Bertz CT molecular complexity index is 1640. The van der Waals surface area contributed by atoms with Gasteiger partial charge in [-0.3, -0.25) is 29.5 Å². The van der Waals surface area contributed by atoms with E-state index in [1.54, 1.807) is 24.3 Å². The number of amides is 4. The minimum Gasteiger partial charge on any atom is -0.370 e. The van der Waals surface area contributed by atoms with Gasteiger partial charge in [-0.25, -0.2) is 0 Å². The fourth-order valence-corrected chi connectivity index (χ4v) is 4.41. The van der Waals surface area contributed by atoms with Crippen LogP contribution in [0, 0.1) is 0 Å². The van der Waals surface area contributed by atoms with E-state index < -0.39 is 17.7 Å². The minimum atomic E-state index is -0.542. The summed E-state index contributed by atoms with van der Waals surface area (Å²) >= 11 is 0. The molecular weight excluding hydrogens is 510 g/mol. The predicted molar refractivity (Wildman–Crippen MR) is 145 cm³/mol. The van der Waals surface area contributed by atoms with Crippen molar-refractivity contribution in [2.75, 3.05) is 13.1 Å². The number of carbonyl (C=O) groups excluding carboxylic acids is 4. The van der Waals surface area contributed by atoms with E-state index in [0.29, 0.717) is 22.0 Å². The van der Waals surface area contributed by atoms with Gasteiger partial charge in [-0.1, -0.05) is 30.3 Å². The first-order chi connectivity index (χ1) is 17.8. The third kappa shape index (κ3) is 4.87. The molecule has 1 aliphatic heterocycles. The highest BCUT2D eigenvalue weighted by molar-refractivity contribution is 6.32. The monoisotopic (exact) mass is 533 g/mol. The molecule has 4 amide bonds. The van der Waals surface area contributed by atoms with Crippen LogP contribution in [0.5, 0.6) is 0 Å². The molecule has 12 heteroatoms. The molecular formula is C26H24ClN7O4. The van der Waals surface area contributed by atoms with Crippen LogP contribution in [0.1, 0.15) is 47.0 Å². The number of hydrogen-bond acceptors (Lipinski definition) is 5. The Morgan fingerprint density at radius 2 is 1.71 bits per heavy atom. The summed E-state index contributed by atoms with van der Waals surface area (Å²) in [4.78, 5) is 57.7. The van der Waals surface area contributed by atoms with Crippen molar-refractivity contribution in [1.29, 1.82) is 0 Å². The fraction of sp³-hybridized carbons (Fsp3) is 0.115. The molecule has 0 bridgehead atoms. The number of aliphatic imine (C=N–C) groups is 1. The molecule has 38 heavy (non-hydrogen) atoms. The van der Waals surface area contributed by atoms with Crippen LogP contribution >= 0.6 is 12.4 Å². The quantitative estimate of drug-likeness (QED) is 0.0905. The number of H-pyrrole nitrogens is 1. The number of benzene rings is 3. The van der Waals surface area contributed by atoms with Crippen LogP contribution < -0.4 is 27.4 Å². The second-order valence-corrected chi connectivity index (χ2v) is 8.50. The molecule has 194 valence electrons. The fourth-order valence-electron chi connectivity index (χ4n) is 4.41. The Morgan fingerprint density at radius 1 is 0.921 bits per heavy atom. The first-order valence-corrected chi connectivity index (χ1v) is 11.5. The van der Waals surface area contributed by atoms with E-state index in [0.717, 1.165) is 10.9 Å². The maximum atomic E-state index is 13.3. The van der Waals surface area contributed by atoms with Crippen molar-refractivity contribution >= 4 is 63.8 Å². The molecule has 0 saturated carbocycles. The van der Waals surface area contributed by atoms with Gasteiger partial charge in [-0.05, 0) is 29.8 Å². The summed E-state index contributed by atoms with van der Waals surface area (Å²) in [5.41, 5.74) is 13.5. The number of nitrogens with zero attached hydrogens (tertiary/aromatic N) is 1. The summed E-state index contributed by atoms with van der Waals surface area (Å²) in [5.74, 6) is -1.81. The SMILES string of the molecule is Cl.NC(N)=NCCNC(=O)c1cccc(CNC(=O)c2cc3c(c4c2[nH]c2ccccc24)C(=O)NC3=O)c1. The van der Waals surface area contributed by atoms with Gasteiger partial charge in [0, 0.05) is 34.9 Å². The third-order valence-corrected chi connectivity index (χ3v) is 6.06. The lowest BCUT2D eigenvalue weighted by atomic mass is 9.98. The van der Waals surface area contributed by atoms with Crippen LogP contribution in [0.3, 0.4) is 0 Å². The molecule has 0 unspecified atom stereocenters. The normalized spacial score (nSPS) is 12.0. The van der Waals surface area contributed by atoms with E-state index in [1.807, 2.05) is 24.3 Å². The van der Waals surface area contributed by atoms with Crippen molar-refractivity contribution < 1.29 is 19.2 Å². The van der Waals surface area contributed by atoms with Crippen LogP contribution in [-0.4, -0.2) is 47.7 Å². The molecule has 2 heterocycles. The van der Waals surface area contributed by atoms with Crippen molar-refractivity contribution in [2.45, 2.75) is 6.54 Å². The Labute approximate surface area is 222 Å². The average Bonchev–Trinajstić information content (AvgIpc) is 3.41. The first kappa shape index (κ1) is 26.2. The Hall–Kier alpha value is -4.90. The number of aromatic nitrogens is 1. The molecule has 0 saturated heterocycles. The summed E-state index contributed by atoms with van der Waals surface area (Å²) < 4.78 is 0. The van der Waals surface area contributed by atoms with Gasteiger partial charge >= 0.3 is 0 Å². The molecule has 0 radical (unpaired) electrons. The number of guanidine groups is 1. The number of para-hydroxylation sites is 1. The third-order valence-electron chi connectivity index (χ3n) is 6.06. The lowest BCUT2D eigenvalue weighted by molar-refractivity contribution is 0.0877. The van der Waals surface area contributed by atoms with Crippen LogP contribution in [0.15, 0.2) is 59.6 Å². The first-order valence-electron chi connectivity index (χ1n) is 11.5. The summed E-state index contributed by atoms with van der Waals surface area (Å²) in [6.45, 7) is 0.668. The van der Waals surface area contributed by atoms with Crippen LogP contribution in [0.25, 0.3) is 21.8 Å². The summed E-state index contributed by atoms with van der Waals surface area (Å²) in [6.07, 6.45) is 0. The van der Waals surface area contributed by atoms with E-state index in [4.69, 9.17) is 11.5 Å². The molecule has 11 nitrogen and oxygen atoms in total. The van der Waals surface area contributed by atoms with Crippen LogP contribution in [-0.2, 0) is 6.54 Å². The second kappa shape index (κ2) is 10.6. The lowest BCUT2D eigenvalue weighted by Gasteiger charge is -2.10. The van der Waals surface area contributed by atoms with Gasteiger partial charge in [0.1, 0.15) is 0 Å². The molecule has 0 fully saturated rings. The molecule has 0 aliphatic carbocycles. The summed E-state index contributed by atoms with van der Waals surface area (Å²) in [6, 6.07) is 15.6. The van der Waals surface area contributed by atoms with Crippen molar-refractivity contribution in [2.24, 2.45) is 16.5 Å². The molecule has 1 aromatic heterocycles. The Morgan fingerprint density at radius 3 is 2.50 bits per heavy atom. The smallest absolute Gasteiger partial charge is 0.259 e. The van der Waals surface area contributed by atoms with Crippen molar-refractivity contribution in [3.05, 3.63) is 82.4 Å². The molecule has 3 aromatic carbocycles. The number of nitrogens with one attached hydrogen (secondary N) is 4. The highest BCUT2D eigenvalue weighted by Crippen LogP contribution is 2.35. The van der Waals surface area contributed by atoms with Crippen molar-refractivity contribution in [1.82, 2.24) is 20.9 Å². The van der Waals surface area contributed by atoms with Crippen LogP contribution in [0.2, 0.25) is 0 Å². The zero-order valence-corrected chi connectivity index (χ0v) is 20.8. The number of fused-ring (bicyclic) bond motifs is 5. The standard InChI is InChI=1S/C26H23N7O4.ClH/c27-26(28)30-9-8-29-22(34)14-5-3-4-13(10-14)12-31-23(35)17-11-16-20(25(37)33-24(16)36)19-15-6-1-2-7-18(15)32-21(17)19;/h1-7,10-11,32H,8-9,12H2,(H,29,34)(H,31,35)(H4,27,28,30)(H,33,36,37);1H. The van der Waals surface area contributed by atoms with E-state index >= 15 is 0 Å². The molecule has 8 N–H and O–H groups in total. The van der Waals surface area contributed by atoms with Crippen molar-refractivity contribution in [3.63, 3.8) is 0 Å². The second-order valence-electron chi connectivity index (χ2n) is 8.50. The maximum absolute atomic E-state index is 13.3. The average molecular weight is 534 g/mol. The number of hydrogen-bond donors (Lipinski definition) is 6. The van der Waals surface area contributed by atoms with Gasteiger partial charge < -0.3 is 27.1 Å². The number of nitrogens with two attached hydrogens (primary N) is 2. The van der Waals surface area contributed by atoms with Gasteiger partial charge in [0.05, 0.1) is 28.8 Å². The molecule has 4 aromatic rings. The van der Waals surface area contributed by atoms with Gasteiger partial charge in [0.15, 0.2) is 5.96 Å². The maximum Gasteiger partial charge on any atom is 0.259 e. The van der Waals surface area contributed by atoms with Gasteiger partial charge in [-0.15, -0.1) is 12.4 Å². The van der Waals surface area contributed by atoms with E-state index in [9.17, 15) is 19.2 Å². The number of aromatic amines is 1. The van der Waals surface area contributed by atoms with Gasteiger partial charge in [-0.2, -0.15) is 0 Å². The highest BCUT2D eigenvalue weighted by atomic mass is 35.5. The lowest BCUT2D eigenvalue weighted by Crippen LogP contribution is -2.29. The highest BCUT2D eigenvalue weighted by Gasteiger charge is 2.33. The van der Waals surface area contributed by atoms with Crippen molar-refractivity contribution in [3.8, 4) is 0 Å². The topological polar surface area (TPSA) is 185 Å². The Kier molecular flexibility index (Phi) is 7.31. The zero-order chi connectivity index (χ0) is 26.1. The molecule has 1 aliphatic rings. The van der Waals surface area contributed by atoms with Crippen LogP contribution in [0.4, 0.5) is 0 Å². The number of rotatable bonds is 7. The largest absolute Gasteiger partial charge is 0.370 e. The number of halogens is 1. The minimum absolute atomic E-state index is 0. The summed E-state index contributed by atoms with van der Waals surface area (Å²) in [5, 5.41) is 9.15. The van der Waals surface area contributed by atoms with Gasteiger partial charge in [0.2, 0.25) is 0 Å². The molecule has 5 rings (SSSR count).